The minimum atomic E-state index is 0.753. The van der Waals surface area contributed by atoms with Crippen LogP contribution in [-0.4, -0.2) is 0 Å². The Kier molecular flexibility index (Phi) is 5.77. The largest absolute Gasteiger partial charge is 0.399 e. The molecule has 3 heteroatoms. The van der Waals surface area contributed by atoms with Crippen molar-refractivity contribution in [2.75, 3.05) is 15.5 Å². The molecule has 2 N–H and O–H groups in total. The summed E-state index contributed by atoms with van der Waals surface area (Å²) in [4.78, 5) is 4.50. The Bertz CT molecular complexity index is 1240. The summed E-state index contributed by atoms with van der Waals surface area (Å²) in [6.45, 7) is 0. The molecule has 0 bridgehead atoms. The number of nitrogen functional groups attached to an aromatic ring is 1. The Labute approximate surface area is 195 Å². The summed E-state index contributed by atoms with van der Waals surface area (Å²) < 4.78 is 0. The van der Waals surface area contributed by atoms with Crippen LogP contribution in [0, 0.1) is 0 Å². The third kappa shape index (κ3) is 4.43. The Morgan fingerprint density at radius 1 is 0.303 bits per heavy atom. The van der Waals surface area contributed by atoms with Crippen molar-refractivity contribution < 1.29 is 0 Å². The van der Waals surface area contributed by atoms with E-state index in [9.17, 15) is 0 Å². The van der Waals surface area contributed by atoms with Crippen molar-refractivity contribution in [3.05, 3.63) is 140 Å². The van der Waals surface area contributed by atoms with E-state index in [-0.39, 0.29) is 0 Å². The van der Waals surface area contributed by atoms with Gasteiger partial charge in [-0.3, -0.25) is 0 Å². The maximum Gasteiger partial charge on any atom is 0.0463 e. The molecule has 5 rings (SSSR count). The maximum absolute atomic E-state index is 5.94. The zero-order valence-corrected chi connectivity index (χ0v) is 18.3. The van der Waals surface area contributed by atoms with Gasteiger partial charge in [0, 0.05) is 39.8 Å². The maximum atomic E-state index is 5.94. The fraction of sp³-hybridized carbons (Fsp3) is 0. The first kappa shape index (κ1) is 20.4. The Morgan fingerprint density at radius 2 is 0.545 bits per heavy atom. The molecular weight excluding hydrogens is 402 g/mol. The van der Waals surface area contributed by atoms with Gasteiger partial charge in [0.25, 0.3) is 0 Å². The third-order valence-corrected chi connectivity index (χ3v) is 5.56. The summed E-state index contributed by atoms with van der Waals surface area (Å²) in [5.74, 6) is 0. The van der Waals surface area contributed by atoms with E-state index in [0.29, 0.717) is 0 Å². The van der Waals surface area contributed by atoms with E-state index < -0.39 is 0 Å². The van der Waals surface area contributed by atoms with Crippen molar-refractivity contribution in [2.45, 2.75) is 0 Å². The summed E-state index contributed by atoms with van der Waals surface area (Å²) in [5, 5.41) is 0. The van der Waals surface area contributed by atoms with Gasteiger partial charge >= 0.3 is 0 Å². The number of nitrogens with zero attached hydrogens (tertiary/aromatic N) is 2. The average Bonchev–Trinajstić information content (AvgIpc) is 2.88. The van der Waals surface area contributed by atoms with Crippen LogP contribution in [0.15, 0.2) is 140 Å². The molecule has 5 aromatic carbocycles. The lowest BCUT2D eigenvalue weighted by atomic mass is 10.1. The highest BCUT2D eigenvalue weighted by atomic mass is 15.2. The molecule has 33 heavy (non-hydrogen) atoms. The highest BCUT2D eigenvalue weighted by Gasteiger charge is 2.15. The molecule has 160 valence electrons. The van der Waals surface area contributed by atoms with Crippen LogP contribution in [0.2, 0.25) is 0 Å². The molecule has 0 aliphatic rings. The quantitative estimate of drug-likeness (QED) is 0.277. The Balaban J connectivity index is 1.57. The van der Waals surface area contributed by atoms with E-state index in [1.807, 2.05) is 30.3 Å². The van der Waals surface area contributed by atoms with Crippen LogP contribution in [-0.2, 0) is 0 Å². The first-order valence-electron chi connectivity index (χ1n) is 11.0. The number of rotatable bonds is 6. The van der Waals surface area contributed by atoms with Crippen molar-refractivity contribution in [1.29, 1.82) is 0 Å². The number of nitrogens with two attached hydrogens (primary N) is 1. The van der Waals surface area contributed by atoms with Gasteiger partial charge in [0.1, 0.15) is 0 Å². The normalized spacial score (nSPS) is 10.5. The average molecular weight is 428 g/mol. The lowest BCUT2D eigenvalue weighted by Crippen LogP contribution is -2.12. The number of hydrogen-bond donors (Lipinski definition) is 1. The Hall–Kier alpha value is -4.50. The number of para-hydroxylation sites is 3. The van der Waals surface area contributed by atoms with Crippen molar-refractivity contribution >= 4 is 39.8 Å². The SMILES string of the molecule is Nc1ccc(N(c2ccccc2)c2ccc(N(c3ccccc3)c3ccccc3)cc2)cc1. The molecule has 5 aromatic rings. The predicted molar refractivity (Wildman–Crippen MR) is 140 cm³/mol. The number of anilines is 7. The van der Waals surface area contributed by atoms with Gasteiger partial charge in [0.05, 0.1) is 0 Å². The molecule has 3 nitrogen and oxygen atoms in total. The standard InChI is InChI=1S/C30H25N3/c31-24-16-18-28(19-17-24)33(27-14-8-3-9-15-27)30-22-20-29(21-23-30)32(25-10-4-1-5-11-25)26-12-6-2-7-13-26/h1-23H,31H2. The minimum Gasteiger partial charge on any atom is -0.399 e. The topological polar surface area (TPSA) is 32.5 Å². The molecule has 0 atom stereocenters. The van der Waals surface area contributed by atoms with Crippen molar-refractivity contribution in [1.82, 2.24) is 0 Å². The molecule has 0 unspecified atom stereocenters. The molecule has 0 saturated heterocycles. The lowest BCUT2D eigenvalue weighted by Gasteiger charge is -2.28. The van der Waals surface area contributed by atoms with Crippen LogP contribution in [0.25, 0.3) is 0 Å². The van der Waals surface area contributed by atoms with Gasteiger partial charge in [0.15, 0.2) is 0 Å². The summed E-state index contributed by atoms with van der Waals surface area (Å²) in [6.07, 6.45) is 0. The molecule has 0 fully saturated rings. The second-order valence-electron chi connectivity index (χ2n) is 7.79. The van der Waals surface area contributed by atoms with E-state index in [1.165, 1.54) is 0 Å². The van der Waals surface area contributed by atoms with E-state index in [2.05, 4.69) is 119 Å². The molecule has 0 aromatic heterocycles. The van der Waals surface area contributed by atoms with Crippen LogP contribution in [0.4, 0.5) is 39.8 Å². The minimum absolute atomic E-state index is 0.753. The van der Waals surface area contributed by atoms with Gasteiger partial charge in [-0.25, -0.2) is 0 Å². The van der Waals surface area contributed by atoms with Crippen LogP contribution in [0.3, 0.4) is 0 Å². The molecule has 0 heterocycles. The van der Waals surface area contributed by atoms with Gasteiger partial charge < -0.3 is 15.5 Å². The lowest BCUT2D eigenvalue weighted by molar-refractivity contribution is 1.26. The second kappa shape index (κ2) is 9.33. The molecule has 0 amide bonds. The summed E-state index contributed by atoms with van der Waals surface area (Å²) >= 11 is 0. The third-order valence-electron chi connectivity index (χ3n) is 5.56. The summed E-state index contributed by atoms with van der Waals surface area (Å²) in [7, 11) is 0. The van der Waals surface area contributed by atoms with Gasteiger partial charge in [0.2, 0.25) is 0 Å². The van der Waals surface area contributed by atoms with Gasteiger partial charge in [-0.05, 0) is 84.9 Å². The zero-order chi connectivity index (χ0) is 22.5. The molecule has 0 saturated carbocycles. The summed E-state index contributed by atoms with van der Waals surface area (Å²) in [6, 6.07) is 47.9. The molecule has 0 spiro atoms. The van der Waals surface area contributed by atoms with Crippen molar-refractivity contribution in [3.63, 3.8) is 0 Å². The van der Waals surface area contributed by atoms with Crippen LogP contribution in [0.5, 0.6) is 0 Å². The van der Waals surface area contributed by atoms with E-state index in [4.69, 9.17) is 5.73 Å². The zero-order valence-electron chi connectivity index (χ0n) is 18.3. The molecular formula is C30H25N3. The van der Waals surface area contributed by atoms with Gasteiger partial charge in [-0.2, -0.15) is 0 Å². The van der Waals surface area contributed by atoms with Gasteiger partial charge in [-0.1, -0.05) is 54.6 Å². The van der Waals surface area contributed by atoms with E-state index >= 15 is 0 Å². The second-order valence-corrected chi connectivity index (χ2v) is 7.79. The number of benzene rings is 5. The molecule has 0 radical (unpaired) electrons. The molecule has 0 aliphatic carbocycles. The van der Waals surface area contributed by atoms with E-state index in [0.717, 1.165) is 39.8 Å². The molecule has 0 aliphatic heterocycles. The van der Waals surface area contributed by atoms with Crippen molar-refractivity contribution in [3.8, 4) is 0 Å². The fourth-order valence-corrected chi connectivity index (χ4v) is 4.00. The Morgan fingerprint density at radius 3 is 0.848 bits per heavy atom. The predicted octanol–water partition coefficient (Wildman–Crippen LogP) is 8.21. The van der Waals surface area contributed by atoms with Crippen molar-refractivity contribution in [2.24, 2.45) is 0 Å². The first-order chi connectivity index (χ1) is 16.3. The first-order valence-corrected chi connectivity index (χ1v) is 11.0. The van der Waals surface area contributed by atoms with E-state index in [1.54, 1.807) is 0 Å². The number of hydrogen-bond acceptors (Lipinski definition) is 3. The fourth-order valence-electron chi connectivity index (χ4n) is 4.00. The van der Waals surface area contributed by atoms with Crippen LogP contribution < -0.4 is 15.5 Å². The monoisotopic (exact) mass is 427 g/mol. The highest BCUT2D eigenvalue weighted by molar-refractivity contribution is 5.81. The highest BCUT2D eigenvalue weighted by Crippen LogP contribution is 2.38. The van der Waals surface area contributed by atoms with Crippen LogP contribution >= 0.6 is 0 Å². The smallest absolute Gasteiger partial charge is 0.0463 e. The van der Waals surface area contributed by atoms with Crippen LogP contribution in [0.1, 0.15) is 0 Å². The van der Waals surface area contributed by atoms with Gasteiger partial charge in [-0.15, -0.1) is 0 Å². The summed E-state index contributed by atoms with van der Waals surface area (Å²) in [5.41, 5.74) is 13.3.